The van der Waals surface area contributed by atoms with Crippen LogP contribution in [0.3, 0.4) is 0 Å². The van der Waals surface area contributed by atoms with E-state index in [4.69, 9.17) is 5.11 Å². The van der Waals surface area contributed by atoms with Crippen LogP contribution in [0.15, 0.2) is 0 Å². The van der Waals surface area contributed by atoms with Crippen LogP contribution in [0.2, 0.25) is 0 Å². The second-order valence-corrected chi connectivity index (χ2v) is 4.95. The molecule has 2 unspecified atom stereocenters. The molecule has 2 atom stereocenters. The van der Waals surface area contributed by atoms with Crippen LogP contribution in [-0.4, -0.2) is 36.0 Å². The Bertz CT molecular complexity index is 164. The zero-order valence-corrected chi connectivity index (χ0v) is 10.3. The maximum atomic E-state index is 9.77. The molecule has 0 aromatic heterocycles. The zero-order chi connectivity index (χ0) is 11.6. The van der Waals surface area contributed by atoms with E-state index in [0.717, 1.165) is 32.4 Å². The first-order chi connectivity index (χ1) is 7.84. The average molecular weight is 229 g/mol. The summed E-state index contributed by atoms with van der Waals surface area (Å²) in [6.07, 6.45) is 9.01. The van der Waals surface area contributed by atoms with Crippen LogP contribution in [0.5, 0.6) is 0 Å². The highest BCUT2D eigenvalue weighted by Crippen LogP contribution is 2.23. The molecule has 0 aliphatic heterocycles. The van der Waals surface area contributed by atoms with E-state index >= 15 is 0 Å². The van der Waals surface area contributed by atoms with Gasteiger partial charge in [-0.25, -0.2) is 0 Å². The Labute approximate surface area is 99.3 Å². The van der Waals surface area contributed by atoms with Crippen molar-refractivity contribution in [3.8, 4) is 0 Å². The fourth-order valence-electron chi connectivity index (χ4n) is 2.43. The lowest BCUT2D eigenvalue weighted by atomic mass is 9.86. The van der Waals surface area contributed by atoms with Gasteiger partial charge in [0.05, 0.1) is 6.10 Å². The minimum atomic E-state index is -0.0735. The molecule has 0 aromatic carbocycles. The fourth-order valence-corrected chi connectivity index (χ4v) is 2.43. The highest BCUT2D eigenvalue weighted by Gasteiger charge is 2.21. The lowest BCUT2D eigenvalue weighted by Gasteiger charge is -2.27. The number of hydrogen-bond acceptors (Lipinski definition) is 3. The molecule has 1 saturated carbocycles. The quantitative estimate of drug-likeness (QED) is 0.555. The van der Waals surface area contributed by atoms with Gasteiger partial charge in [0.25, 0.3) is 0 Å². The highest BCUT2D eigenvalue weighted by molar-refractivity contribution is 4.75. The van der Waals surface area contributed by atoms with Crippen LogP contribution < -0.4 is 5.32 Å². The van der Waals surface area contributed by atoms with Crippen molar-refractivity contribution in [1.29, 1.82) is 0 Å². The van der Waals surface area contributed by atoms with Gasteiger partial charge in [0.15, 0.2) is 0 Å². The molecule has 3 N–H and O–H groups in total. The average Bonchev–Trinajstić information content (AvgIpc) is 2.30. The Kier molecular flexibility index (Phi) is 7.81. The Morgan fingerprint density at radius 3 is 2.50 bits per heavy atom. The molecule has 3 heteroatoms. The topological polar surface area (TPSA) is 52.5 Å². The first-order valence-corrected chi connectivity index (χ1v) is 6.84. The van der Waals surface area contributed by atoms with Crippen molar-refractivity contribution >= 4 is 0 Å². The Hall–Kier alpha value is -0.120. The number of unbranched alkanes of at least 4 members (excludes halogenated alkanes) is 3. The monoisotopic (exact) mass is 229 g/mol. The van der Waals surface area contributed by atoms with Gasteiger partial charge in [-0.15, -0.1) is 0 Å². The van der Waals surface area contributed by atoms with Gasteiger partial charge in [-0.3, -0.25) is 0 Å². The van der Waals surface area contributed by atoms with Crippen LogP contribution in [0.1, 0.15) is 51.4 Å². The number of aliphatic hydroxyl groups excluding tert-OH is 2. The van der Waals surface area contributed by atoms with E-state index < -0.39 is 0 Å². The molecule has 1 rings (SSSR count). The summed E-state index contributed by atoms with van der Waals surface area (Å²) in [7, 11) is 0. The summed E-state index contributed by atoms with van der Waals surface area (Å²) in [6.45, 7) is 2.34. The number of hydrogen-bond donors (Lipinski definition) is 3. The molecular weight excluding hydrogens is 202 g/mol. The minimum Gasteiger partial charge on any atom is -0.396 e. The molecule has 1 aliphatic carbocycles. The van der Waals surface area contributed by atoms with E-state index in [9.17, 15) is 5.11 Å². The van der Waals surface area contributed by atoms with Crippen molar-refractivity contribution in [2.24, 2.45) is 5.92 Å². The maximum absolute atomic E-state index is 9.77. The summed E-state index contributed by atoms with van der Waals surface area (Å²) in [5, 5.41) is 21.8. The SMILES string of the molecule is OCCCCCCNCC1CCCCC1O. The van der Waals surface area contributed by atoms with Gasteiger partial charge in [-0.2, -0.15) is 0 Å². The van der Waals surface area contributed by atoms with Gasteiger partial charge in [0.1, 0.15) is 0 Å². The predicted octanol–water partition coefficient (Wildman–Crippen LogP) is 1.68. The first-order valence-electron chi connectivity index (χ1n) is 6.84. The van der Waals surface area contributed by atoms with Crippen molar-refractivity contribution in [1.82, 2.24) is 5.32 Å². The normalized spacial score (nSPS) is 25.9. The summed E-state index contributed by atoms with van der Waals surface area (Å²) in [5.74, 6) is 0.478. The molecule has 3 nitrogen and oxygen atoms in total. The lowest BCUT2D eigenvalue weighted by molar-refractivity contribution is 0.0697. The van der Waals surface area contributed by atoms with Crippen LogP contribution in [0.4, 0.5) is 0 Å². The molecular formula is C13H27NO2. The van der Waals surface area contributed by atoms with Crippen LogP contribution in [-0.2, 0) is 0 Å². The van der Waals surface area contributed by atoms with Gasteiger partial charge in [-0.1, -0.05) is 25.7 Å². The van der Waals surface area contributed by atoms with E-state index in [0.29, 0.717) is 12.5 Å². The van der Waals surface area contributed by atoms with Crippen LogP contribution in [0.25, 0.3) is 0 Å². The van der Waals surface area contributed by atoms with Crippen molar-refractivity contribution in [3.05, 3.63) is 0 Å². The van der Waals surface area contributed by atoms with E-state index in [1.807, 2.05) is 0 Å². The summed E-state index contributed by atoms with van der Waals surface area (Å²) in [6, 6.07) is 0. The van der Waals surface area contributed by atoms with Gasteiger partial charge >= 0.3 is 0 Å². The molecule has 0 radical (unpaired) electrons. The highest BCUT2D eigenvalue weighted by atomic mass is 16.3. The van der Waals surface area contributed by atoms with Gasteiger partial charge in [0, 0.05) is 13.2 Å². The second-order valence-electron chi connectivity index (χ2n) is 4.95. The molecule has 96 valence electrons. The third-order valence-electron chi connectivity index (χ3n) is 3.54. The molecule has 0 aromatic rings. The number of nitrogens with one attached hydrogen (secondary N) is 1. The van der Waals surface area contributed by atoms with E-state index in [1.54, 1.807) is 0 Å². The second kappa shape index (κ2) is 8.97. The molecule has 0 spiro atoms. The third kappa shape index (κ3) is 5.83. The van der Waals surface area contributed by atoms with Crippen molar-refractivity contribution in [2.75, 3.05) is 19.7 Å². The predicted molar refractivity (Wildman–Crippen MR) is 66.4 cm³/mol. The smallest absolute Gasteiger partial charge is 0.0580 e. The lowest BCUT2D eigenvalue weighted by Crippen LogP contribution is -2.34. The molecule has 16 heavy (non-hydrogen) atoms. The fraction of sp³-hybridized carbons (Fsp3) is 1.00. The van der Waals surface area contributed by atoms with E-state index in [-0.39, 0.29) is 6.10 Å². The summed E-state index contributed by atoms with van der Waals surface area (Å²) >= 11 is 0. The molecule has 1 fully saturated rings. The van der Waals surface area contributed by atoms with E-state index in [1.165, 1.54) is 32.1 Å². The summed E-state index contributed by atoms with van der Waals surface area (Å²) in [4.78, 5) is 0. The molecule has 0 saturated heterocycles. The van der Waals surface area contributed by atoms with Crippen LogP contribution in [0, 0.1) is 5.92 Å². The van der Waals surface area contributed by atoms with Crippen molar-refractivity contribution in [3.63, 3.8) is 0 Å². The van der Waals surface area contributed by atoms with Crippen LogP contribution >= 0.6 is 0 Å². The minimum absolute atomic E-state index is 0.0735. The van der Waals surface area contributed by atoms with E-state index in [2.05, 4.69) is 5.32 Å². The zero-order valence-electron chi connectivity index (χ0n) is 10.3. The number of aliphatic hydroxyl groups is 2. The molecule has 1 aliphatic rings. The molecule has 0 heterocycles. The Morgan fingerprint density at radius 1 is 1.00 bits per heavy atom. The van der Waals surface area contributed by atoms with Crippen molar-refractivity contribution in [2.45, 2.75) is 57.5 Å². The largest absolute Gasteiger partial charge is 0.396 e. The van der Waals surface area contributed by atoms with Gasteiger partial charge < -0.3 is 15.5 Å². The third-order valence-corrected chi connectivity index (χ3v) is 3.54. The molecule has 0 amide bonds. The molecule has 0 bridgehead atoms. The maximum Gasteiger partial charge on any atom is 0.0580 e. The Morgan fingerprint density at radius 2 is 1.75 bits per heavy atom. The van der Waals surface area contributed by atoms with Gasteiger partial charge in [-0.05, 0) is 38.1 Å². The Balaban J connectivity index is 1.90. The standard InChI is InChI=1S/C13H27NO2/c15-10-6-2-1-5-9-14-11-12-7-3-4-8-13(12)16/h12-16H,1-11H2. The number of rotatable bonds is 8. The first kappa shape index (κ1) is 13.9. The summed E-state index contributed by atoms with van der Waals surface area (Å²) in [5.41, 5.74) is 0. The van der Waals surface area contributed by atoms with Crippen molar-refractivity contribution < 1.29 is 10.2 Å². The summed E-state index contributed by atoms with van der Waals surface area (Å²) < 4.78 is 0. The van der Waals surface area contributed by atoms with Gasteiger partial charge in [0.2, 0.25) is 0 Å².